The first-order chi connectivity index (χ1) is 9.88. The molecular weight excluding hydrogens is 282 g/mol. The second-order valence-electron chi connectivity index (χ2n) is 5.10. The molecule has 1 saturated heterocycles. The van der Waals surface area contributed by atoms with Crippen LogP contribution in [0.3, 0.4) is 0 Å². The fraction of sp³-hybridized carbons (Fsp3) is 0.429. The molecule has 21 heavy (non-hydrogen) atoms. The van der Waals surface area contributed by atoms with Gasteiger partial charge in [-0.15, -0.1) is 0 Å². The Bertz CT molecular complexity index is 578. The lowest BCUT2D eigenvalue weighted by molar-refractivity contribution is -0.137. The maximum Gasteiger partial charge on any atom is 0.322 e. The second-order valence-corrected chi connectivity index (χ2v) is 5.10. The zero-order valence-corrected chi connectivity index (χ0v) is 11.5. The number of carboxylic acids is 1. The molecular formula is C14H16F2N2O3. The van der Waals surface area contributed by atoms with Crippen LogP contribution >= 0.6 is 0 Å². The molecule has 1 aromatic carbocycles. The summed E-state index contributed by atoms with van der Waals surface area (Å²) in [7, 11) is 0. The fourth-order valence-corrected chi connectivity index (χ4v) is 2.45. The van der Waals surface area contributed by atoms with Crippen molar-refractivity contribution >= 4 is 17.7 Å². The van der Waals surface area contributed by atoms with Crippen molar-refractivity contribution in [2.75, 3.05) is 11.9 Å². The molecule has 5 nitrogen and oxygen atoms in total. The Morgan fingerprint density at radius 2 is 2.10 bits per heavy atom. The van der Waals surface area contributed by atoms with Crippen LogP contribution in [0.25, 0.3) is 0 Å². The molecule has 114 valence electrons. The van der Waals surface area contributed by atoms with E-state index in [0.29, 0.717) is 19.4 Å². The van der Waals surface area contributed by atoms with E-state index in [1.165, 1.54) is 11.8 Å². The van der Waals surface area contributed by atoms with Crippen LogP contribution in [-0.4, -0.2) is 34.6 Å². The van der Waals surface area contributed by atoms with E-state index in [2.05, 4.69) is 5.32 Å². The quantitative estimate of drug-likeness (QED) is 0.901. The molecule has 2 rings (SSSR count). The van der Waals surface area contributed by atoms with Gasteiger partial charge in [-0.2, -0.15) is 0 Å². The van der Waals surface area contributed by atoms with Crippen LogP contribution in [0.2, 0.25) is 0 Å². The first-order valence-electron chi connectivity index (χ1n) is 6.63. The molecule has 0 radical (unpaired) electrons. The number of urea groups is 1. The first-order valence-corrected chi connectivity index (χ1v) is 6.63. The maximum absolute atomic E-state index is 13.7. The van der Waals surface area contributed by atoms with Crippen LogP contribution in [0.5, 0.6) is 0 Å². The van der Waals surface area contributed by atoms with Gasteiger partial charge in [0, 0.05) is 18.7 Å². The summed E-state index contributed by atoms with van der Waals surface area (Å²) in [6, 6.07) is 0.899. The fourth-order valence-electron chi connectivity index (χ4n) is 2.45. The standard InChI is InChI=1S/C14H16F2N2O3/c1-8-5-11(16)12(7-10(8)15)17-14(21)18-4-2-3-9(18)6-13(19)20/h5,7,9H,2-4,6H2,1H3,(H,17,21)(H,19,20). The van der Waals surface area contributed by atoms with Crippen LogP contribution in [0, 0.1) is 18.6 Å². The molecule has 1 aliphatic rings. The van der Waals surface area contributed by atoms with E-state index in [-0.39, 0.29) is 17.7 Å². The summed E-state index contributed by atoms with van der Waals surface area (Å²) in [4.78, 5) is 24.2. The van der Waals surface area contributed by atoms with Crippen molar-refractivity contribution in [1.82, 2.24) is 4.90 Å². The van der Waals surface area contributed by atoms with Gasteiger partial charge in [-0.25, -0.2) is 13.6 Å². The van der Waals surface area contributed by atoms with Crippen LogP contribution < -0.4 is 5.32 Å². The number of rotatable bonds is 3. The zero-order chi connectivity index (χ0) is 15.6. The number of hydrogen-bond acceptors (Lipinski definition) is 2. The molecule has 2 N–H and O–H groups in total. The Kier molecular flexibility index (Phi) is 4.40. The summed E-state index contributed by atoms with van der Waals surface area (Å²) in [5.74, 6) is -2.33. The molecule has 0 bridgehead atoms. The van der Waals surface area contributed by atoms with E-state index in [0.717, 1.165) is 12.1 Å². The topological polar surface area (TPSA) is 69.6 Å². The number of carboxylic acid groups (broad SMARTS) is 1. The predicted molar refractivity (Wildman–Crippen MR) is 72.1 cm³/mol. The largest absolute Gasteiger partial charge is 0.481 e. The highest BCUT2D eigenvalue weighted by molar-refractivity contribution is 5.90. The van der Waals surface area contributed by atoms with Gasteiger partial charge in [0.2, 0.25) is 0 Å². The molecule has 0 saturated carbocycles. The lowest BCUT2D eigenvalue weighted by atomic mass is 10.1. The van der Waals surface area contributed by atoms with Gasteiger partial charge in [-0.3, -0.25) is 4.79 Å². The normalized spacial score (nSPS) is 17.9. The van der Waals surface area contributed by atoms with Crippen molar-refractivity contribution in [1.29, 1.82) is 0 Å². The van der Waals surface area contributed by atoms with Gasteiger partial charge in [-0.05, 0) is 31.4 Å². The number of likely N-dealkylation sites (tertiary alicyclic amines) is 1. The second kappa shape index (κ2) is 6.07. The monoisotopic (exact) mass is 298 g/mol. The molecule has 1 atom stereocenters. The van der Waals surface area contributed by atoms with Crippen molar-refractivity contribution < 1.29 is 23.5 Å². The van der Waals surface area contributed by atoms with E-state index >= 15 is 0 Å². The number of aliphatic carboxylic acids is 1. The number of amides is 2. The van der Waals surface area contributed by atoms with Gasteiger partial charge >= 0.3 is 12.0 Å². The van der Waals surface area contributed by atoms with Crippen molar-refractivity contribution in [3.05, 3.63) is 29.3 Å². The number of carbonyl (C=O) groups excluding carboxylic acids is 1. The van der Waals surface area contributed by atoms with Crippen molar-refractivity contribution in [2.45, 2.75) is 32.2 Å². The number of halogens is 2. The molecule has 0 aromatic heterocycles. The van der Waals surface area contributed by atoms with Crippen molar-refractivity contribution in [3.8, 4) is 0 Å². The average Bonchev–Trinajstić information content (AvgIpc) is 2.83. The number of nitrogens with zero attached hydrogens (tertiary/aromatic N) is 1. The summed E-state index contributed by atoms with van der Waals surface area (Å²) in [5.41, 5.74) is -0.0977. The van der Waals surface area contributed by atoms with Crippen LogP contribution in [0.4, 0.5) is 19.3 Å². The number of benzene rings is 1. The van der Waals surface area contributed by atoms with Gasteiger partial charge in [0.15, 0.2) is 0 Å². The van der Waals surface area contributed by atoms with Gasteiger partial charge in [-0.1, -0.05) is 0 Å². The Morgan fingerprint density at radius 1 is 1.38 bits per heavy atom. The summed E-state index contributed by atoms with van der Waals surface area (Å²) in [6.45, 7) is 1.83. The number of anilines is 1. The molecule has 2 amide bonds. The SMILES string of the molecule is Cc1cc(F)c(NC(=O)N2CCCC2CC(=O)O)cc1F. The predicted octanol–water partition coefficient (Wildman–Crippen LogP) is 2.74. The number of nitrogens with one attached hydrogen (secondary N) is 1. The van der Waals surface area contributed by atoms with E-state index < -0.39 is 29.7 Å². The van der Waals surface area contributed by atoms with Crippen molar-refractivity contribution in [2.24, 2.45) is 0 Å². The molecule has 1 unspecified atom stereocenters. The number of carbonyl (C=O) groups is 2. The Morgan fingerprint density at radius 3 is 2.76 bits per heavy atom. The maximum atomic E-state index is 13.7. The lowest BCUT2D eigenvalue weighted by Crippen LogP contribution is -2.39. The third-order valence-electron chi connectivity index (χ3n) is 3.54. The summed E-state index contributed by atoms with van der Waals surface area (Å²) < 4.78 is 27.1. The van der Waals surface area contributed by atoms with Gasteiger partial charge in [0.25, 0.3) is 0 Å². The highest BCUT2D eigenvalue weighted by Gasteiger charge is 2.30. The van der Waals surface area contributed by atoms with Crippen LogP contribution in [-0.2, 0) is 4.79 Å². The Labute approximate surface area is 120 Å². The molecule has 1 heterocycles. The summed E-state index contributed by atoms with van der Waals surface area (Å²) in [5, 5.41) is 11.1. The Hall–Kier alpha value is -2.18. The molecule has 1 fully saturated rings. The Balaban J connectivity index is 2.10. The minimum absolute atomic E-state index is 0.149. The molecule has 0 spiro atoms. The number of hydrogen-bond donors (Lipinski definition) is 2. The van der Waals surface area contributed by atoms with Crippen LogP contribution in [0.15, 0.2) is 12.1 Å². The zero-order valence-electron chi connectivity index (χ0n) is 11.5. The van der Waals surface area contributed by atoms with E-state index in [4.69, 9.17) is 5.11 Å². The average molecular weight is 298 g/mol. The smallest absolute Gasteiger partial charge is 0.322 e. The van der Waals surface area contributed by atoms with Gasteiger partial charge in [0.05, 0.1) is 12.1 Å². The molecule has 7 heteroatoms. The van der Waals surface area contributed by atoms with E-state index in [1.54, 1.807) is 0 Å². The molecule has 1 aromatic rings. The lowest BCUT2D eigenvalue weighted by Gasteiger charge is -2.24. The summed E-state index contributed by atoms with van der Waals surface area (Å²) in [6.07, 6.45) is 1.12. The minimum atomic E-state index is -0.993. The van der Waals surface area contributed by atoms with E-state index in [9.17, 15) is 18.4 Å². The third kappa shape index (κ3) is 3.48. The molecule has 0 aliphatic carbocycles. The highest BCUT2D eigenvalue weighted by Crippen LogP contribution is 2.23. The minimum Gasteiger partial charge on any atom is -0.481 e. The van der Waals surface area contributed by atoms with Crippen LogP contribution in [0.1, 0.15) is 24.8 Å². The number of aryl methyl sites for hydroxylation is 1. The summed E-state index contributed by atoms with van der Waals surface area (Å²) >= 11 is 0. The molecule has 1 aliphatic heterocycles. The highest BCUT2D eigenvalue weighted by atomic mass is 19.1. The van der Waals surface area contributed by atoms with Gasteiger partial charge < -0.3 is 15.3 Å². The van der Waals surface area contributed by atoms with Crippen molar-refractivity contribution in [3.63, 3.8) is 0 Å². The van der Waals surface area contributed by atoms with E-state index in [1.807, 2.05) is 0 Å². The first kappa shape index (κ1) is 15.2. The van der Waals surface area contributed by atoms with Gasteiger partial charge in [0.1, 0.15) is 11.6 Å². The third-order valence-corrected chi connectivity index (χ3v) is 3.54.